The van der Waals surface area contributed by atoms with Crippen LogP contribution in [0, 0.1) is 0 Å². The summed E-state index contributed by atoms with van der Waals surface area (Å²) in [4.78, 5) is 0. The lowest BCUT2D eigenvalue weighted by Crippen LogP contribution is -2.18. The molecule has 0 aliphatic rings. The topological polar surface area (TPSA) is 39.7 Å². The van der Waals surface area contributed by atoms with Crippen molar-refractivity contribution in [1.82, 2.24) is 5.32 Å². The van der Waals surface area contributed by atoms with Crippen LogP contribution in [0.25, 0.3) is 0 Å². The van der Waals surface area contributed by atoms with Gasteiger partial charge in [-0.05, 0) is 46.6 Å². The summed E-state index contributed by atoms with van der Waals surface area (Å²) in [5.41, 5.74) is 2.04. The lowest BCUT2D eigenvalue weighted by molar-refractivity contribution is 0.199. The Morgan fingerprint density at radius 1 is 1.16 bits per heavy atom. The van der Waals surface area contributed by atoms with Crippen molar-refractivity contribution in [3.63, 3.8) is 0 Å². The van der Waals surface area contributed by atoms with Crippen LogP contribution < -0.4 is 14.8 Å². The van der Waals surface area contributed by atoms with Crippen molar-refractivity contribution in [2.45, 2.75) is 20.1 Å². The Kier molecular flexibility index (Phi) is 8.55. The van der Waals surface area contributed by atoms with Gasteiger partial charge < -0.3 is 19.5 Å². The Labute approximate surface area is 162 Å². The standard InChI is InChI=1S/C19H23BrClNO3/c1-3-24-18-11-14(12-22-8-9-23-2)10-16(20)19(18)25-13-15-6-4-5-7-17(15)21/h4-7,10-11,22H,3,8-9,12-13H2,1-2H3. The molecule has 0 saturated heterocycles. The van der Waals surface area contributed by atoms with Gasteiger partial charge in [0, 0.05) is 30.8 Å². The number of rotatable bonds is 10. The minimum Gasteiger partial charge on any atom is -0.490 e. The van der Waals surface area contributed by atoms with E-state index in [2.05, 4.69) is 21.2 Å². The smallest absolute Gasteiger partial charge is 0.175 e. The van der Waals surface area contributed by atoms with Crippen molar-refractivity contribution in [3.05, 3.63) is 57.0 Å². The predicted molar refractivity (Wildman–Crippen MR) is 105 cm³/mol. The van der Waals surface area contributed by atoms with Gasteiger partial charge in [0.15, 0.2) is 11.5 Å². The van der Waals surface area contributed by atoms with Crippen molar-refractivity contribution in [2.24, 2.45) is 0 Å². The van der Waals surface area contributed by atoms with Crippen LogP contribution in [0.2, 0.25) is 5.02 Å². The summed E-state index contributed by atoms with van der Waals surface area (Å²) in [5, 5.41) is 4.01. The normalized spacial score (nSPS) is 10.7. The SMILES string of the molecule is CCOc1cc(CNCCOC)cc(Br)c1OCc1ccccc1Cl. The predicted octanol–water partition coefficient (Wildman–Crippen LogP) is 4.82. The summed E-state index contributed by atoms with van der Waals surface area (Å²) in [6, 6.07) is 11.7. The first-order valence-electron chi connectivity index (χ1n) is 8.16. The highest BCUT2D eigenvalue weighted by Gasteiger charge is 2.13. The molecule has 0 spiro atoms. The average Bonchev–Trinajstić information content (AvgIpc) is 2.60. The van der Waals surface area contributed by atoms with E-state index in [0.29, 0.717) is 36.3 Å². The molecule has 136 valence electrons. The highest BCUT2D eigenvalue weighted by Crippen LogP contribution is 2.37. The van der Waals surface area contributed by atoms with Gasteiger partial charge in [-0.2, -0.15) is 0 Å². The number of halogens is 2. The first-order chi connectivity index (χ1) is 12.2. The number of nitrogens with one attached hydrogen (secondary N) is 1. The zero-order valence-electron chi connectivity index (χ0n) is 14.5. The molecule has 0 bridgehead atoms. The first kappa shape index (κ1) is 20.0. The Bertz CT molecular complexity index is 682. The molecule has 0 heterocycles. The number of benzene rings is 2. The van der Waals surface area contributed by atoms with Crippen LogP contribution >= 0.6 is 27.5 Å². The van der Waals surface area contributed by atoms with E-state index >= 15 is 0 Å². The zero-order valence-corrected chi connectivity index (χ0v) is 16.8. The number of ether oxygens (including phenoxy) is 3. The van der Waals surface area contributed by atoms with E-state index in [9.17, 15) is 0 Å². The molecule has 0 amide bonds. The minimum atomic E-state index is 0.379. The molecule has 0 unspecified atom stereocenters. The van der Waals surface area contributed by atoms with E-state index in [1.807, 2.05) is 43.3 Å². The molecule has 0 fully saturated rings. The Hall–Kier alpha value is -1.27. The van der Waals surface area contributed by atoms with Gasteiger partial charge in [-0.1, -0.05) is 29.8 Å². The Balaban J connectivity index is 2.11. The second kappa shape index (κ2) is 10.7. The van der Waals surface area contributed by atoms with Gasteiger partial charge in [-0.25, -0.2) is 0 Å². The molecule has 6 heteroatoms. The highest BCUT2D eigenvalue weighted by molar-refractivity contribution is 9.10. The molecular weight excluding hydrogens is 406 g/mol. The molecule has 0 aromatic heterocycles. The second-order valence-corrected chi connectivity index (χ2v) is 6.65. The van der Waals surface area contributed by atoms with Crippen LogP contribution in [0.5, 0.6) is 11.5 Å². The fourth-order valence-corrected chi connectivity index (χ4v) is 3.09. The van der Waals surface area contributed by atoms with E-state index in [1.165, 1.54) is 0 Å². The maximum atomic E-state index is 6.20. The molecule has 25 heavy (non-hydrogen) atoms. The molecule has 2 aromatic rings. The largest absolute Gasteiger partial charge is 0.490 e. The Morgan fingerprint density at radius 3 is 2.68 bits per heavy atom. The lowest BCUT2D eigenvalue weighted by Gasteiger charge is -2.16. The average molecular weight is 429 g/mol. The molecule has 0 radical (unpaired) electrons. The maximum absolute atomic E-state index is 6.20. The third-order valence-corrected chi connectivity index (χ3v) is 4.47. The molecule has 4 nitrogen and oxygen atoms in total. The van der Waals surface area contributed by atoms with Gasteiger partial charge in [0.25, 0.3) is 0 Å². The monoisotopic (exact) mass is 427 g/mol. The molecule has 2 aromatic carbocycles. The molecule has 0 saturated carbocycles. The molecule has 0 atom stereocenters. The molecule has 0 aliphatic heterocycles. The maximum Gasteiger partial charge on any atom is 0.175 e. The molecule has 2 rings (SSSR count). The van der Waals surface area contributed by atoms with Gasteiger partial charge in [-0.3, -0.25) is 0 Å². The van der Waals surface area contributed by atoms with Gasteiger partial charge in [0.05, 0.1) is 17.7 Å². The zero-order chi connectivity index (χ0) is 18.1. The third-order valence-electron chi connectivity index (χ3n) is 3.51. The number of hydrogen-bond acceptors (Lipinski definition) is 4. The quantitative estimate of drug-likeness (QED) is 0.551. The van der Waals surface area contributed by atoms with Crippen LogP contribution in [0.1, 0.15) is 18.1 Å². The highest BCUT2D eigenvalue weighted by atomic mass is 79.9. The summed E-state index contributed by atoms with van der Waals surface area (Å²) in [7, 11) is 1.69. The van der Waals surface area contributed by atoms with Gasteiger partial charge in [-0.15, -0.1) is 0 Å². The summed E-state index contributed by atoms with van der Waals surface area (Å²) >= 11 is 9.79. The van der Waals surface area contributed by atoms with E-state index in [4.69, 9.17) is 25.8 Å². The summed E-state index contributed by atoms with van der Waals surface area (Å²) < 4.78 is 17.6. The van der Waals surface area contributed by atoms with E-state index in [0.717, 1.165) is 28.7 Å². The fraction of sp³-hybridized carbons (Fsp3) is 0.368. The van der Waals surface area contributed by atoms with E-state index in [1.54, 1.807) is 7.11 Å². The van der Waals surface area contributed by atoms with Crippen LogP contribution in [0.3, 0.4) is 0 Å². The van der Waals surface area contributed by atoms with Crippen molar-refractivity contribution >= 4 is 27.5 Å². The van der Waals surface area contributed by atoms with Crippen LogP contribution in [-0.4, -0.2) is 26.9 Å². The van der Waals surface area contributed by atoms with Crippen molar-refractivity contribution < 1.29 is 14.2 Å². The lowest BCUT2D eigenvalue weighted by atomic mass is 10.2. The van der Waals surface area contributed by atoms with Crippen LogP contribution in [0.15, 0.2) is 40.9 Å². The van der Waals surface area contributed by atoms with Crippen LogP contribution in [-0.2, 0) is 17.9 Å². The molecule has 1 N–H and O–H groups in total. The summed E-state index contributed by atoms with van der Waals surface area (Å²) in [6.07, 6.45) is 0. The molecular formula is C19H23BrClNO3. The molecule has 0 aliphatic carbocycles. The van der Waals surface area contributed by atoms with E-state index in [-0.39, 0.29) is 0 Å². The minimum absolute atomic E-state index is 0.379. The van der Waals surface area contributed by atoms with Gasteiger partial charge in [0.1, 0.15) is 6.61 Å². The van der Waals surface area contributed by atoms with Crippen LogP contribution in [0.4, 0.5) is 0 Å². The van der Waals surface area contributed by atoms with Crippen molar-refractivity contribution in [1.29, 1.82) is 0 Å². The van der Waals surface area contributed by atoms with Gasteiger partial charge in [0.2, 0.25) is 0 Å². The Morgan fingerprint density at radius 2 is 1.96 bits per heavy atom. The third kappa shape index (κ3) is 6.19. The summed E-state index contributed by atoms with van der Waals surface area (Å²) in [5.74, 6) is 1.40. The van der Waals surface area contributed by atoms with E-state index < -0.39 is 0 Å². The number of hydrogen-bond donors (Lipinski definition) is 1. The summed E-state index contributed by atoms with van der Waals surface area (Å²) in [6.45, 7) is 5.10. The van der Waals surface area contributed by atoms with Crippen molar-refractivity contribution in [2.75, 3.05) is 26.9 Å². The van der Waals surface area contributed by atoms with Crippen molar-refractivity contribution in [3.8, 4) is 11.5 Å². The fourth-order valence-electron chi connectivity index (χ4n) is 2.30. The van der Waals surface area contributed by atoms with Gasteiger partial charge >= 0.3 is 0 Å². The first-order valence-corrected chi connectivity index (χ1v) is 9.33. The second-order valence-electron chi connectivity index (χ2n) is 5.39. The number of methoxy groups -OCH3 is 1.